The normalized spacial score (nSPS) is 10.5. The monoisotopic (exact) mass is 162 g/mol. The summed E-state index contributed by atoms with van der Waals surface area (Å²) >= 11 is 0. The van der Waals surface area contributed by atoms with E-state index in [4.69, 9.17) is 4.74 Å². The van der Waals surface area contributed by atoms with E-state index in [1.165, 1.54) is 5.56 Å². The van der Waals surface area contributed by atoms with Crippen LogP contribution in [0.4, 0.5) is 0 Å². The van der Waals surface area contributed by atoms with Crippen molar-refractivity contribution in [2.45, 2.75) is 13.3 Å². The minimum Gasteiger partial charge on any atom is -0.497 e. The van der Waals surface area contributed by atoms with Gasteiger partial charge in [0.2, 0.25) is 0 Å². The third-order valence-electron chi connectivity index (χ3n) is 1.64. The van der Waals surface area contributed by atoms with Gasteiger partial charge in [0.25, 0.3) is 0 Å². The van der Waals surface area contributed by atoms with E-state index < -0.39 is 0 Å². The molecule has 0 aromatic heterocycles. The summed E-state index contributed by atoms with van der Waals surface area (Å²) in [5.74, 6) is 0.910. The van der Waals surface area contributed by atoms with Crippen LogP contribution < -0.4 is 4.74 Å². The number of methoxy groups -OCH3 is 1. The van der Waals surface area contributed by atoms with Crippen LogP contribution in [0.15, 0.2) is 30.3 Å². The van der Waals surface area contributed by atoms with Crippen LogP contribution in [0, 0.1) is 0 Å². The van der Waals surface area contributed by atoms with E-state index in [1.54, 1.807) is 7.11 Å². The molecule has 0 aliphatic heterocycles. The van der Waals surface area contributed by atoms with Gasteiger partial charge in [0.15, 0.2) is 0 Å². The lowest BCUT2D eigenvalue weighted by Gasteiger charge is -1.99. The maximum atomic E-state index is 5.10. The Bertz CT molecular complexity index is 263. The van der Waals surface area contributed by atoms with Crippen LogP contribution in [-0.4, -0.2) is 7.11 Å². The average Bonchev–Trinajstić information content (AvgIpc) is 2.15. The predicted molar refractivity (Wildman–Crippen MR) is 52.3 cm³/mol. The third-order valence-corrected chi connectivity index (χ3v) is 1.64. The predicted octanol–water partition coefficient (Wildman–Crippen LogP) is 3.12. The second-order valence-corrected chi connectivity index (χ2v) is 2.59. The summed E-state index contributed by atoms with van der Waals surface area (Å²) in [5.41, 5.74) is 1.19. The highest BCUT2D eigenvalue weighted by atomic mass is 16.5. The van der Waals surface area contributed by atoms with Crippen LogP contribution in [0.1, 0.15) is 18.9 Å². The van der Waals surface area contributed by atoms with Gasteiger partial charge in [-0.25, -0.2) is 0 Å². The lowest BCUT2D eigenvalue weighted by Crippen LogP contribution is -1.81. The third kappa shape index (κ3) is 2.42. The maximum Gasteiger partial charge on any atom is 0.119 e. The molecule has 0 atom stereocenters. The first-order chi connectivity index (χ1) is 5.86. The van der Waals surface area contributed by atoms with Crippen molar-refractivity contribution >= 4 is 6.08 Å². The topological polar surface area (TPSA) is 9.23 Å². The summed E-state index contributed by atoms with van der Waals surface area (Å²) in [6, 6.07) is 8.03. The molecule has 1 heteroatoms. The van der Waals surface area contributed by atoms with Crippen molar-refractivity contribution in [2.75, 3.05) is 7.11 Å². The molecule has 12 heavy (non-hydrogen) atoms. The number of hydrogen-bond acceptors (Lipinski definition) is 1. The van der Waals surface area contributed by atoms with Crippen molar-refractivity contribution in [2.24, 2.45) is 0 Å². The van der Waals surface area contributed by atoms with Gasteiger partial charge in [-0.2, -0.15) is 0 Å². The molecule has 0 saturated heterocycles. The van der Waals surface area contributed by atoms with E-state index in [-0.39, 0.29) is 0 Å². The van der Waals surface area contributed by atoms with Crippen LogP contribution in [0.5, 0.6) is 5.75 Å². The van der Waals surface area contributed by atoms with E-state index >= 15 is 0 Å². The number of benzene rings is 1. The van der Waals surface area contributed by atoms with E-state index in [0.717, 1.165) is 12.2 Å². The minimum atomic E-state index is 0.910. The molecule has 0 aliphatic carbocycles. The molecular formula is C11H14O. The van der Waals surface area contributed by atoms with Crippen LogP contribution in [0.25, 0.3) is 6.08 Å². The van der Waals surface area contributed by atoms with Crippen molar-refractivity contribution in [3.8, 4) is 5.75 Å². The van der Waals surface area contributed by atoms with E-state index in [0.29, 0.717) is 0 Å². The molecule has 0 saturated carbocycles. The fraction of sp³-hybridized carbons (Fsp3) is 0.273. The molecule has 1 aromatic carbocycles. The highest BCUT2D eigenvalue weighted by Gasteiger charge is 1.89. The molecule has 0 N–H and O–H groups in total. The summed E-state index contributed by atoms with van der Waals surface area (Å²) in [6.45, 7) is 2.12. The quantitative estimate of drug-likeness (QED) is 0.663. The Balaban J connectivity index is 2.79. The second-order valence-electron chi connectivity index (χ2n) is 2.59. The lowest BCUT2D eigenvalue weighted by molar-refractivity contribution is 0.414. The standard InChI is InChI=1S/C11H14O/c1-3-4-6-10-7-5-8-11(9-10)12-2/h4-9H,3H2,1-2H3. The SMILES string of the molecule is CCC=Cc1cccc(OC)c1. The summed E-state index contributed by atoms with van der Waals surface area (Å²) in [7, 11) is 1.68. The maximum absolute atomic E-state index is 5.10. The lowest BCUT2D eigenvalue weighted by atomic mass is 10.2. The van der Waals surface area contributed by atoms with Gasteiger partial charge in [-0.05, 0) is 24.1 Å². The van der Waals surface area contributed by atoms with E-state index in [2.05, 4.69) is 25.1 Å². The number of hydrogen-bond donors (Lipinski definition) is 0. The molecule has 0 spiro atoms. The Kier molecular flexibility index (Phi) is 3.39. The zero-order chi connectivity index (χ0) is 8.81. The molecule has 0 aliphatic rings. The Morgan fingerprint density at radius 3 is 2.92 bits per heavy atom. The van der Waals surface area contributed by atoms with Gasteiger partial charge in [0.05, 0.1) is 7.11 Å². The zero-order valence-corrected chi connectivity index (χ0v) is 7.58. The second kappa shape index (κ2) is 4.60. The molecule has 1 aromatic rings. The number of allylic oxidation sites excluding steroid dienone is 1. The van der Waals surface area contributed by atoms with Crippen LogP contribution in [0.3, 0.4) is 0 Å². The summed E-state index contributed by atoms with van der Waals surface area (Å²) < 4.78 is 5.10. The van der Waals surface area contributed by atoms with Gasteiger partial charge in [0, 0.05) is 0 Å². The largest absolute Gasteiger partial charge is 0.497 e. The molecule has 0 amide bonds. The first-order valence-electron chi connectivity index (χ1n) is 4.17. The van der Waals surface area contributed by atoms with Gasteiger partial charge in [-0.15, -0.1) is 0 Å². The summed E-state index contributed by atoms with van der Waals surface area (Å²) in [6.07, 6.45) is 5.30. The van der Waals surface area contributed by atoms with Crippen LogP contribution in [-0.2, 0) is 0 Å². The van der Waals surface area contributed by atoms with E-state index in [1.807, 2.05) is 18.2 Å². The fourth-order valence-electron chi connectivity index (χ4n) is 0.999. The van der Waals surface area contributed by atoms with Gasteiger partial charge < -0.3 is 4.74 Å². The minimum absolute atomic E-state index is 0.910. The molecule has 0 heterocycles. The first-order valence-corrected chi connectivity index (χ1v) is 4.17. The van der Waals surface area contributed by atoms with Crippen molar-refractivity contribution < 1.29 is 4.74 Å². The first kappa shape index (κ1) is 8.85. The smallest absolute Gasteiger partial charge is 0.119 e. The van der Waals surface area contributed by atoms with Gasteiger partial charge in [-0.1, -0.05) is 31.2 Å². The molecule has 1 nitrogen and oxygen atoms in total. The Morgan fingerprint density at radius 2 is 2.25 bits per heavy atom. The van der Waals surface area contributed by atoms with Gasteiger partial charge >= 0.3 is 0 Å². The summed E-state index contributed by atoms with van der Waals surface area (Å²) in [5, 5.41) is 0. The van der Waals surface area contributed by atoms with Gasteiger partial charge in [0.1, 0.15) is 5.75 Å². The van der Waals surface area contributed by atoms with E-state index in [9.17, 15) is 0 Å². The highest BCUT2D eigenvalue weighted by molar-refractivity contribution is 5.51. The van der Waals surface area contributed by atoms with Crippen molar-refractivity contribution in [3.05, 3.63) is 35.9 Å². The highest BCUT2D eigenvalue weighted by Crippen LogP contribution is 2.13. The zero-order valence-electron chi connectivity index (χ0n) is 7.58. The summed E-state index contributed by atoms with van der Waals surface area (Å²) in [4.78, 5) is 0. The average molecular weight is 162 g/mol. The van der Waals surface area contributed by atoms with Crippen molar-refractivity contribution in [3.63, 3.8) is 0 Å². The molecule has 0 fully saturated rings. The van der Waals surface area contributed by atoms with Crippen molar-refractivity contribution in [1.82, 2.24) is 0 Å². The molecule has 64 valence electrons. The fourth-order valence-corrected chi connectivity index (χ4v) is 0.999. The molecule has 0 radical (unpaired) electrons. The van der Waals surface area contributed by atoms with Gasteiger partial charge in [-0.3, -0.25) is 0 Å². The molecule has 0 bridgehead atoms. The molecular weight excluding hydrogens is 148 g/mol. The number of rotatable bonds is 3. The Hall–Kier alpha value is -1.24. The Labute approximate surface area is 73.7 Å². The van der Waals surface area contributed by atoms with Crippen LogP contribution >= 0.6 is 0 Å². The molecule has 1 rings (SSSR count). The number of ether oxygens (including phenoxy) is 1. The van der Waals surface area contributed by atoms with Crippen LogP contribution in [0.2, 0.25) is 0 Å². The van der Waals surface area contributed by atoms with Crippen molar-refractivity contribution in [1.29, 1.82) is 0 Å². The molecule has 0 unspecified atom stereocenters. The Morgan fingerprint density at radius 1 is 1.42 bits per heavy atom.